The first-order valence-electron chi connectivity index (χ1n) is 8.84. The quantitative estimate of drug-likeness (QED) is 0.565. The fourth-order valence-corrected chi connectivity index (χ4v) is 3.12. The highest BCUT2D eigenvalue weighted by atomic mass is 35.5. The summed E-state index contributed by atoms with van der Waals surface area (Å²) in [4.78, 5) is 20.5. The number of ether oxygens (including phenoxy) is 2. The molecule has 0 aliphatic rings. The molecule has 0 aliphatic heterocycles. The van der Waals surface area contributed by atoms with Crippen LogP contribution < -0.4 is 15.4 Å². The number of nitrogens with zero attached hydrogens (tertiary/aromatic N) is 4. The van der Waals surface area contributed by atoms with E-state index in [9.17, 15) is 13.6 Å². The first-order chi connectivity index (χ1) is 14.3. The number of aromatic nitrogens is 4. The number of amides is 2. The van der Waals surface area contributed by atoms with Gasteiger partial charge in [-0.15, -0.1) is 0 Å². The topological polar surface area (TPSA) is 103 Å². The van der Waals surface area contributed by atoms with Crippen LogP contribution in [0.4, 0.5) is 25.0 Å². The van der Waals surface area contributed by atoms with Gasteiger partial charge in [0.15, 0.2) is 5.65 Å². The molecule has 0 bridgehead atoms. The van der Waals surface area contributed by atoms with Gasteiger partial charge in [-0.05, 0) is 12.0 Å². The molecule has 0 radical (unpaired) electrons. The molecule has 2 N–H and O–H groups in total. The molecule has 0 aromatic carbocycles. The van der Waals surface area contributed by atoms with Crippen LogP contribution in [0.1, 0.15) is 25.6 Å². The van der Waals surface area contributed by atoms with Gasteiger partial charge in [-0.3, -0.25) is 0 Å². The number of alkyl halides is 2. The van der Waals surface area contributed by atoms with E-state index in [2.05, 4.69) is 30.4 Å². The van der Waals surface area contributed by atoms with Crippen molar-refractivity contribution < 1.29 is 23.0 Å². The molecule has 9 nitrogen and oxygen atoms in total. The molecule has 12 heteroatoms. The van der Waals surface area contributed by atoms with E-state index in [-0.39, 0.29) is 22.7 Å². The number of anilines is 2. The Balaban J connectivity index is 1.84. The number of methoxy groups -OCH3 is 1. The highest BCUT2D eigenvalue weighted by molar-refractivity contribution is 6.32. The van der Waals surface area contributed by atoms with Crippen LogP contribution in [0.3, 0.4) is 0 Å². The molecule has 0 spiro atoms. The van der Waals surface area contributed by atoms with Crippen molar-refractivity contribution in [3.05, 3.63) is 41.4 Å². The average Bonchev–Trinajstić information content (AvgIpc) is 3.14. The van der Waals surface area contributed by atoms with Gasteiger partial charge < -0.3 is 20.1 Å². The molecule has 0 saturated heterocycles. The number of halogens is 3. The smallest absolute Gasteiger partial charge is 0.388 e. The minimum Gasteiger partial charge on any atom is -0.415 e. The Morgan fingerprint density at radius 1 is 1.23 bits per heavy atom. The molecule has 3 rings (SSSR count). The van der Waals surface area contributed by atoms with Crippen molar-refractivity contribution in [2.75, 3.05) is 17.7 Å². The Labute approximate surface area is 175 Å². The second kappa shape index (κ2) is 9.18. The van der Waals surface area contributed by atoms with Crippen molar-refractivity contribution in [2.45, 2.75) is 26.6 Å². The number of carbonyl (C=O) groups excluding carboxylic acids is 1. The lowest BCUT2D eigenvalue weighted by Crippen LogP contribution is -2.24. The average molecular weight is 441 g/mol. The molecule has 160 valence electrons. The predicted octanol–water partition coefficient (Wildman–Crippen LogP) is 4.37. The Morgan fingerprint density at radius 3 is 2.63 bits per heavy atom. The van der Waals surface area contributed by atoms with Crippen LogP contribution in [-0.4, -0.2) is 39.3 Å². The summed E-state index contributed by atoms with van der Waals surface area (Å²) in [5.74, 6) is -0.355. The Bertz CT molecular complexity index is 1050. The number of carbonyl (C=O) groups is 1. The van der Waals surface area contributed by atoms with Gasteiger partial charge in [-0.25, -0.2) is 19.3 Å². The maximum Gasteiger partial charge on any atom is 0.388 e. The van der Waals surface area contributed by atoms with E-state index in [1.807, 2.05) is 13.8 Å². The minimum atomic E-state index is -3.06. The van der Waals surface area contributed by atoms with Gasteiger partial charge >= 0.3 is 12.6 Å². The van der Waals surface area contributed by atoms with Crippen LogP contribution >= 0.6 is 11.6 Å². The monoisotopic (exact) mass is 440 g/mol. The lowest BCUT2D eigenvalue weighted by molar-refractivity contribution is -0.0527. The fourth-order valence-electron chi connectivity index (χ4n) is 2.91. The van der Waals surface area contributed by atoms with Gasteiger partial charge in [0, 0.05) is 13.2 Å². The third kappa shape index (κ3) is 4.74. The van der Waals surface area contributed by atoms with E-state index in [4.69, 9.17) is 16.3 Å². The second-order valence-corrected chi connectivity index (χ2v) is 6.93. The molecular formula is C18H19ClF2N6O3. The Kier molecular flexibility index (Phi) is 6.63. The molecule has 30 heavy (non-hydrogen) atoms. The largest absolute Gasteiger partial charge is 0.415 e. The third-order valence-electron chi connectivity index (χ3n) is 4.10. The number of hydrogen-bond acceptors (Lipinski definition) is 6. The van der Waals surface area contributed by atoms with Crippen molar-refractivity contribution in [1.82, 2.24) is 19.6 Å². The summed E-state index contributed by atoms with van der Waals surface area (Å²) in [6, 6.07) is 2.36. The predicted molar refractivity (Wildman–Crippen MR) is 106 cm³/mol. The van der Waals surface area contributed by atoms with Crippen LogP contribution in [0.5, 0.6) is 5.88 Å². The molecule has 3 aromatic rings. The molecule has 0 fully saturated rings. The number of hydrogen-bond donors (Lipinski definition) is 2. The minimum absolute atomic E-state index is 0.0822. The maximum atomic E-state index is 12.5. The van der Waals surface area contributed by atoms with E-state index in [0.29, 0.717) is 17.0 Å². The highest BCUT2D eigenvalue weighted by Crippen LogP contribution is 2.31. The lowest BCUT2D eigenvalue weighted by atomic mass is 10.0. The van der Waals surface area contributed by atoms with Crippen LogP contribution in [0, 0.1) is 5.92 Å². The summed E-state index contributed by atoms with van der Waals surface area (Å²) in [7, 11) is 1.57. The van der Waals surface area contributed by atoms with Crippen LogP contribution in [0.2, 0.25) is 5.02 Å². The molecule has 0 aliphatic carbocycles. The van der Waals surface area contributed by atoms with E-state index < -0.39 is 18.5 Å². The second-order valence-electron chi connectivity index (χ2n) is 6.53. The summed E-state index contributed by atoms with van der Waals surface area (Å²) in [6.45, 7) is 0.893. The summed E-state index contributed by atoms with van der Waals surface area (Å²) >= 11 is 5.86. The maximum absolute atomic E-state index is 12.5. The van der Waals surface area contributed by atoms with E-state index in [1.54, 1.807) is 23.9 Å². The van der Waals surface area contributed by atoms with Crippen molar-refractivity contribution in [3.63, 3.8) is 0 Å². The summed E-state index contributed by atoms with van der Waals surface area (Å²) in [5.41, 5.74) is 1.79. The number of nitrogens with one attached hydrogen (secondary N) is 2. The normalized spacial score (nSPS) is 12.4. The third-order valence-corrected chi connectivity index (χ3v) is 4.37. The summed E-state index contributed by atoms with van der Waals surface area (Å²) in [6.07, 6.45) is 3.88. The van der Waals surface area contributed by atoms with E-state index in [0.717, 1.165) is 6.20 Å². The first kappa shape index (κ1) is 21.7. The zero-order valence-corrected chi connectivity index (χ0v) is 17.0. The SMILES string of the molecule is COC(c1c(NC(=O)Nc2cnc(OC(F)F)c(Cl)c2)cnc2ccnn12)C(C)C. The Hall–Kier alpha value is -3.05. The van der Waals surface area contributed by atoms with Crippen LogP contribution in [0.15, 0.2) is 30.7 Å². The van der Waals surface area contributed by atoms with Crippen molar-refractivity contribution >= 4 is 34.7 Å². The molecule has 1 atom stereocenters. The van der Waals surface area contributed by atoms with Gasteiger partial charge in [-0.1, -0.05) is 25.4 Å². The van der Waals surface area contributed by atoms with Crippen molar-refractivity contribution in [2.24, 2.45) is 5.92 Å². The van der Waals surface area contributed by atoms with Crippen molar-refractivity contribution in [1.29, 1.82) is 0 Å². The zero-order chi connectivity index (χ0) is 21.8. The fraction of sp³-hybridized carbons (Fsp3) is 0.333. The molecule has 1 unspecified atom stereocenters. The zero-order valence-electron chi connectivity index (χ0n) is 16.3. The number of urea groups is 1. The van der Waals surface area contributed by atoms with E-state index in [1.165, 1.54) is 12.3 Å². The van der Waals surface area contributed by atoms with E-state index >= 15 is 0 Å². The molecule has 0 saturated carbocycles. The summed E-state index contributed by atoms with van der Waals surface area (Å²) < 4.78 is 36.0. The number of fused-ring (bicyclic) bond motifs is 1. The standard InChI is InChI=1S/C18H19ClF2N6O3/c1-9(2)15(29-3)14-12(8-22-13-4-5-24-27(13)14)26-18(28)25-10-6-11(19)16(23-7-10)30-17(20)21/h4-9,15,17H,1-3H3,(H2,25,26,28). The van der Waals surface area contributed by atoms with Gasteiger partial charge in [0.25, 0.3) is 0 Å². The van der Waals surface area contributed by atoms with Gasteiger partial charge in [0.05, 0.1) is 35.7 Å². The first-order valence-corrected chi connectivity index (χ1v) is 9.21. The van der Waals surface area contributed by atoms with Crippen molar-refractivity contribution in [3.8, 4) is 5.88 Å². The molecule has 3 aromatic heterocycles. The Morgan fingerprint density at radius 2 is 2.00 bits per heavy atom. The molecular weight excluding hydrogens is 422 g/mol. The molecule has 3 heterocycles. The van der Waals surface area contributed by atoms with Gasteiger partial charge in [-0.2, -0.15) is 13.9 Å². The summed E-state index contributed by atoms with van der Waals surface area (Å²) in [5, 5.41) is 9.32. The molecule has 2 amide bonds. The lowest BCUT2D eigenvalue weighted by Gasteiger charge is -2.23. The number of pyridine rings is 1. The number of rotatable bonds is 7. The van der Waals surface area contributed by atoms with Gasteiger partial charge in [0.2, 0.25) is 5.88 Å². The van der Waals surface area contributed by atoms with Crippen LogP contribution in [-0.2, 0) is 4.74 Å². The highest BCUT2D eigenvalue weighted by Gasteiger charge is 2.24. The van der Waals surface area contributed by atoms with Crippen LogP contribution in [0.25, 0.3) is 5.65 Å². The van der Waals surface area contributed by atoms with Gasteiger partial charge in [0.1, 0.15) is 11.1 Å².